The molecule has 106 valence electrons. The smallest absolute Gasteiger partial charge is 0.253 e. The first-order valence-corrected chi connectivity index (χ1v) is 6.68. The van der Waals surface area contributed by atoms with E-state index in [1.807, 2.05) is 6.08 Å². The summed E-state index contributed by atoms with van der Waals surface area (Å²) in [6.07, 6.45) is 8.34. The third-order valence-electron chi connectivity index (χ3n) is 2.69. The van der Waals surface area contributed by atoms with Crippen LogP contribution in [0.3, 0.4) is 0 Å². The second kappa shape index (κ2) is 11.2. The van der Waals surface area contributed by atoms with Crippen LogP contribution in [-0.2, 0) is 4.74 Å². The van der Waals surface area contributed by atoms with Gasteiger partial charge in [-0.2, -0.15) is 0 Å². The van der Waals surface area contributed by atoms with Crippen LogP contribution in [0.5, 0.6) is 0 Å². The minimum absolute atomic E-state index is 0.292. The number of unbranched alkanes of at least 4 members (excludes halogenated alkanes) is 4. The average Bonchev–Trinajstić information content (AvgIpc) is 2.33. The zero-order valence-electron chi connectivity index (χ0n) is 11.8. The van der Waals surface area contributed by atoms with Crippen molar-refractivity contribution >= 4 is 0 Å². The van der Waals surface area contributed by atoms with Gasteiger partial charge in [-0.15, -0.1) is 5.43 Å². The summed E-state index contributed by atoms with van der Waals surface area (Å²) in [6, 6.07) is -0.391. The van der Waals surface area contributed by atoms with Crippen LogP contribution in [-0.4, -0.2) is 35.8 Å². The number of nitrogens with one attached hydrogen (secondary N) is 1. The lowest BCUT2D eigenvalue weighted by molar-refractivity contribution is -0.553. The van der Waals surface area contributed by atoms with E-state index in [0.29, 0.717) is 11.5 Å². The predicted octanol–water partition coefficient (Wildman–Crippen LogP) is 2.15. The Kier molecular flexibility index (Phi) is 10.6. The number of nitrogens with zero attached hydrogens (tertiary/aromatic N) is 1. The van der Waals surface area contributed by atoms with Crippen LogP contribution >= 0.6 is 0 Å². The lowest BCUT2D eigenvalue weighted by Crippen LogP contribution is -2.44. The van der Waals surface area contributed by atoms with Gasteiger partial charge >= 0.3 is 0 Å². The Bertz CT molecular complexity index is 242. The van der Waals surface area contributed by atoms with E-state index >= 15 is 0 Å². The fourth-order valence-electron chi connectivity index (χ4n) is 1.53. The SMILES string of the molecule is CCCCCC/C=C/[N+](=O)N[C@H](COC)[C@H](C)O. The highest BCUT2D eigenvalue weighted by molar-refractivity contribution is 4.73. The Balaban J connectivity index is 3.82. The van der Waals surface area contributed by atoms with Crippen molar-refractivity contribution < 1.29 is 14.7 Å². The fourth-order valence-corrected chi connectivity index (χ4v) is 1.53. The molecule has 0 unspecified atom stereocenters. The predicted molar refractivity (Wildman–Crippen MR) is 72.0 cm³/mol. The van der Waals surface area contributed by atoms with E-state index < -0.39 is 12.1 Å². The quantitative estimate of drug-likeness (QED) is 0.339. The van der Waals surface area contributed by atoms with Gasteiger partial charge in [0, 0.05) is 7.11 Å². The molecule has 5 heteroatoms. The van der Waals surface area contributed by atoms with Gasteiger partial charge in [-0.1, -0.05) is 26.2 Å². The van der Waals surface area contributed by atoms with Gasteiger partial charge in [0.1, 0.15) is 10.9 Å². The summed E-state index contributed by atoms with van der Waals surface area (Å²) in [4.78, 5) is 12.1. The zero-order chi connectivity index (χ0) is 13.8. The highest BCUT2D eigenvalue weighted by atomic mass is 16.5. The Morgan fingerprint density at radius 3 is 2.67 bits per heavy atom. The molecular formula is C13H27N2O3+. The van der Waals surface area contributed by atoms with E-state index in [1.54, 1.807) is 6.92 Å². The van der Waals surface area contributed by atoms with E-state index in [1.165, 1.54) is 32.6 Å². The van der Waals surface area contributed by atoms with Crippen LogP contribution in [0, 0.1) is 4.91 Å². The molecule has 0 aromatic rings. The number of aliphatic hydroxyl groups excluding tert-OH is 1. The first kappa shape index (κ1) is 17.1. The molecule has 0 aromatic carbocycles. The summed E-state index contributed by atoms with van der Waals surface area (Å²) < 4.78 is 4.92. The summed E-state index contributed by atoms with van der Waals surface area (Å²) in [7, 11) is 1.54. The van der Waals surface area contributed by atoms with Crippen molar-refractivity contribution in [3.05, 3.63) is 17.2 Å². The van der Waals surface area contributed by atoms with Gasteiger partial charge in [0.15, 0.2) is 0 Å². The molecule has 0 radical (unpaired) electrons. The summed E-state index contributed by atoms with van der Waals surface area (Å²) in [5.41, 5.74) is 2.64. The Morgan fingerprint density at radius 1 is 1.39 bits per heavy atom. The summed E-state index contributed by atoms with van der Waals surface area (Å²) >= 11 is 0. The molecule has 5 nitrogen and oxygen atoms in total. The van der Waals surface area contributed by atoms with Gasteiger partial charge in [-0.25, -0.2) is 0 Å². The molecule has 2 atom stereocenters. The molecule has 0 spiro atoms. The van der Waals surface area contributed by atoms with Crippen molar-refractivity contribution in [1.29, 1.82) is 0 Å². The highest BCUT2D eigenvalue weighted by Gasteiger charge is 2.20. The maximum atomic E-state index is 11.5. The van der Waals surface area contributed by atoms with Crippen LogP contribution in [0.2, 0.25) is 0 Å². The number of ether oxygens (including phenoxy) is 1. The number of hydrogen-bond donors (Lipinski definition) is 2. The average molecular weight is 259 g/mol. The van der Waals surface area contributed by atoms with Gasteiger partial charge in [0.2, 0.25) is 0 Å². The Morgan fingerprint density at radius 2 is 2.11 bits per heavy atom. The largest absolute Gasteiger partial charge is 0.391 e. The second-order valence-electron chi connectivity index (χ2n) is 4.49. The van der Waals surface area contributed by atoms with Crippen LogP contribution in [0.25, 0.3) is 0 Å². The van der Waals surface area contributed by atoms with E-state index in [9.17, 15) is 10.0 Å². The zero-order valence-corrected chi connectivity index (χ0v) is 11.8. The van der Waals surface area contributed by atoms with Crippen LogP contribution in [0.15, 0.2) is 12.3 Å². The molecule has 0 bridgehead atoms. The minimum Gasteiger partial charge on any atom is -0.391 e. The van der Waals surface area contributed by atoms with Crippen molar-refractivity contribution in [2.24, 2.45) is 0 Å². The number of hydrazine groups is 1. The number of rotatable bonds is 11. The van der Waals surface area contributed by atoms with E-state index in [2.05, 4.69) is 12.3 Å². The lowest BCUT2D eigenvalue weighted by Gasteiger charge is -2.14. The van der Waals surface area contributed by atoms with Crippen LogP contribution in [0.1, 0.15) is 46.0 Å². The van der Waals surface area contributed by atoms with E-state index in [0.717, 1.165) is 12.8 Å². The summed E-state index contributed by atoms with van der Waals surface area (Å²) in [5, 5.41) is 9.43. The maximum Gasteiger partial charge on any atom is 0.253 e. The molecule has 0 heterocycles. The first-order chi connectivity index (χ1) is 8.61. The highest BCUT2D eigenvalue weighted by Crippen LogP contribution is 2.02. The molecule has 2 N–H and O–H groups in total. The molecule has 0 aromatic heterocycles. The second-order valence-corrected chi connectivity index (χ2v) is 4.49. The number of nitroso groups, excluding NO2 is 1. The molecule has 0 saturated heterocycles. The van der Waals surface area contributed by atoms with Crippen molar-refractivity contribution in [3.8, 4) is 0 Å². The third-order valence-corrected chi connectivity index (χ3v) is 2.69. The number of allylic oxidation sites excluding steroid dienone is 1. The van der Waals surface area contributed by atoms with Crippen molar-refractivity contribution in [2.75, 3.05) is 13.7 Å². The van der Waals surface area contributed by atoms with Gasteiger partial charge in [0.25, 0.3) is 6.20 Å². The van der Waals surface area contributed by atoms with Gasteiger partial charge in [-0.05, 0) is 25.8 Å². The fraction of sp³-hybridized carbons (Fsp3) is 0.846. The molecule has 0 aliphatic carbocycles. The Labute approximate surface area is 110 Å². The van der Waals surface area contributed by atoms with Crippen molar-refractivity contribution in [2.45, 2.75) is 58.1 Å². The van der Waals surface area contributed by atoms with Crippen molar-refractivity contribution in [3.63, 3.8) is 0 Å². The number of aliphatic hydroxyl groups is 1. The van der Waals surface area contributed by atoms with Gasteiger partial charge < -0.3 is 9.84 Å². The van der Waals surface area contributed by atoms with Gasteiger partial charge in [-0.3, -0.25) is 0 Å². The van der Waals surface area contributed by atoms with Crippen LogP contribution in [0.4, 0.5) is 0 Å². The third kappa shape index (κ3) is 9.13. The van der Waals surface area contributed by atoms with Crippen LogP contribution < -0.4 is 5.43 Å². The monoisotopic (exact) mass is 259 g/mol. The maximum absolute atomic E-state index is 11.5. The summed E-state index contributed by atoms with van der Waals surface area (Å²) in [6.45, 7) is 4.09. The van der Waals surface area contributed by atoms with E-state index in [4.69, 9.17) is 4.74 Å². The summed E-state index contributed by atoms with van der Waals surface area (Å²) in [5.74, 6) is 0. The standard InChI is InChI=1S/C13H27N2O3/c1-4-5-6-7-8-9-10-15(17)14-13(11-18-3)12(2)16/h9-10,12-13,16H,4-8,11H2,1-3H3,(H,14,17)/q+1/b10-9+/t12-,13+/m0/s1. The molecular weight excluding hydrogens is 232 g/mol. The molecule has 0 saturated carbocycles. The molecule has 0 aliphatic heterocycles. The number of methoxy groups -OCH3 is 1. The topological polar surface area (TPSA) is 61.6 Å². The van der Waals surface area contributed by atoms with Gasteiger partial charge in [0.05, 0.1) is 17.6 Å². The number of hydrogen-bond acceptors (Lipinski definition) is 3. The molecule has 0 rings (SSSR count). The van der Waals surface area contributed by atoms with Crippen molar-refractivity contribution in [1.82, 2.24) is 5.43 Å². The minimum atomic E-state index is -0.639. The lowest BCUT2D eigenvalue weighted by atomic mass is 10.1. The first-order valence-electron chi connectivity index (χ1n) is 6.68. The molecule has 0 aliphatic rings. The molecule has 18 heavy (non-hydrogen) atoms. The molecule has 0 fully saturated rings. The van der Waals surface area contributed by atoms with E-state index in [-0.39, 0.29) is 0 Å². The normalized spacial score (nSPS) is 14.7. The molecule has 0 amide bonds. The Hall–Kier alpha value is -0.940.